The standard InChI is InChI=1S/C14H17NO4/c1-4-18-14(16)12-9(2)13-10(5-6-15-13)7-11(12)19-8-17-3/h6-7H,4-5,8H2,1-3H3. The van der Waals surface area contributed by atoms with Crippen LogP contribution in [0, 0.1) is 6.92 Å². The topological polar surface area (TPSA) is 57.1 Å². The summed E-state index contributed by atoms with van der Waals surface area (Å²) in [7, 11) is 1.54. The van der Waals surface area contributed by atoms with Crippen molar-refractivity contribution in [1.82, 2.24) is 0 Å². The van der Waals surface area contributed by atoms with Crippen molar-refractivity contribution >= 4 is 17.9 Å². The minimum Gasteiger partial charge on any atom is -0.467 e. The number of carbonyl (C=O) groups excluding carboxylic acids is 1. The first kappa shape index (κ1) is 13.5. The molecule has 0 saturated carbocycles. The molecule has 5 nitrogen and oxygen atoms in total. The van der Waals surface area contributed by atoms with Crippen LogP contribution in [0.2, 0.25) is 0 Å². The van der Waals surface area contributed by atoms with Crippen LogP contribution in [-0.4, -0.2) is 32.7 Å². The molecule has 2 rings (SSSR count). The van der Waals surface area contributed by atoms with Crippen molar-refractivity contribution < 1.29 is 19.0 Å². The van der Waals surface area contributed by atoms with Crippen molar-refractivity contribution in [2.24, 2.45) is 4.99 Å². The van der Waals surface area contributed by atoms with Gasteiger partial charge in [-0.1, -0.05) is 0 Å². The zero-order valence-corrected chi connectivity index (χ0v) is 11.4. The summed E-state index contributed by atoms with van der Waals surface area (Å²) in [5, 5.41) is 0. The summed E-state index contributed by atoms with van der Waals surface area (Å²) < 4.78 is 15.5. The Labute approximate surface area is 112 Å². The van der Waals surface area contributed by atoms with E-state index in [9.17, 15) is 4.79 Å². The summed E-state index contributed by atoms with van der Waals surface area (Å²) in [5.41, 5.74) is 3.11. The fourth-order valence-electron chi connectivity index (χ4n) is 2.11. The zero-order chi connectivity index (χ0) is 13.8. The lowest BCUT2D eigenvalue weighted by Gasteiger charge is -2.15. The molecular weight excluding hydrogens is 246 g/mol. The third-order valence-corrected chi connectivity index (χ3v) is 2.93. The maximum Gasteiger partial charge on any atom is 0.342 e. The molecule has 0 saturated heterocycles. The highest BCUT2D eigenvalue weighted by atomic mass is 16.7. The SMILES string of the molecule is CCOC(=O)c1c(OCOC)cc2c(c1C)N=CC2. The highest BCUT2D eigenvalue weighted by molar-refractivity contribution is 5.97. The van der Waals surface area contributed by atoms with Gasteiger partial charge in [0.05, 0.1) is 12.3 Å². The number of fused-ring (bicyclic) bond motifs is 1. The van der Waals surface area contributed by atoms with Crippen LogP contribution in [0.5, 0.6) is 5.75 Å². The van der Waals surface area contributed by atoms with E-state index in [1.165, 1.54) is 7.11 Å². The predicted octanol–water partition coefficient (Wildman–Crippen LogP) is 2.41. The molecule has 0 spiro atoms. The number of methoxy groups -OCH3 is 1. The summed E-state index contributed by atoms with van der Waals surface area (Å²) >= 11 is 0. The number of rotatable bonds is 5. The summed E-state index contributed by atoms with van der Waals surface area (Å²) in [4.78, 5) is 16.4. The molecule has 1 heterocycles. The van der Waals surface area contributed by atoms with Crippen molar-refractivity contribution in [3.05, 3.63) is 22.8 Å². The van der Waals surface area contributed by atoms with Gasteiger partial charge < -0.3 is 14.2 Å². The van der Waals surface area contributed by atoms with E-state index in [1.54, 1.807) is 6.92 Å². The van der Waals surface area contributed by atoms with Gasteiger partial charge in [-0.2, -0.15) is 0 Å². The highest BCUT2D eigenvalue weighted by Crippen LogP contribution is 2.37. The van der Waals surface area contributed by atoms with Gasteiger partial charge in [-0.25, -0.2) is 4.79 Å². The highest BCUT2D eigenvalue weighted by Gasteiger charge is 2.23. The Kier molecular flexibility index (Phi) is 4.16. The largest absolute Gasteiger partial charge is 0.467 e. The number of hydrogen-bond donors (Lipinski definition) is 0. The predicted molar refractivity (Wildman–Crippen MR) is 71.5 cm³/mol. The smallest absolute Gasteiger partial charge is 0.342 e. The van der Waals surface area contributed by atoms with Gasteiger partial charge in [0.15, 0.2) is 6.79 Å². The van der Waals surface area contributed by atoms with E-state index in [4.69, 9.17) is 14.2 Å². The maximum atomic E-state index is 12.1. The third-order valence-electron chi connectivity index (χ3n) is 2.93. The molecule has 0 N–H and O–H groups in total. The van der Waals surface area contributed by atoms with Gasteiger partial charge >= 0.3 is 5.97 Å². The molecule has 0 fully saturated rings. The molecule has 1 aliphatic rings. The Bertz CT molecular complexity index is 523. The van der Waals surface area contributed by atoms with E-state index in [0.717, 1.165) is 23.2 Å². The van der Waals surface area contributed by atoms with Gasteiger partial charge in [0.2, 0.25) is 0 Å². The Morgan fingerprint density at radius 1 is 1.47 bits per heavy atom. The first-order valence-corrected chi connectivity index (χ1v) is 6.16. The summed E-state index contributed by atoms with van der Waals surface area (Å²) in [6.07, 6.45) is 2.58. The molecule has 1 aromatic rings. The van der Waals surface area contributed by atoms with Gasteiger partial charge in [0.25, 0.3) is 0 Å². The summed E-state index contributed by atoms with van der Waals surface area (Å²) in [5.74, 6) is 0.0954. The number of hydrogen-bond acceptors (Lipinski definition) is 5. The third kappa shape index (κ3) is 2.61. The molecule has 0 amide bonds. The molecule has 1 aromatic carbocycles. The Balaban J connectivity index is 2.46. The first-order valence-electron chi connectivity index (χ1n) is 6.16. The van der Waals surface area contributed by atoms with E-state index >= 15 is 0 Å². The van der Waals surface area contributed by atoms with Crippen LogP contribution in [0.15, 0.2) is 11.1 Å². The van der Waals surface area contributed by atoms with Crippen molar-refractivity contribution in [3.8, 4) is 5.75 Å². The monoisotopic (exact) mass is 263 g/mol. The minimum absolute atomic E-state index is 0.0888. The lowest BCUT2D eigenvalue weighted by Crippen LogP contribution is -2.11. The molecule has 5 heteroatoms. The van der Waals surface area contributed by atoms with Crippen LogP contribution in [0.1, 0.15) is 28.4 Å². The van der Waals surface area contributed by atoms with E-state index in [-0.39, 0.29) is 6.79 Å². The summed E-state index contributed by atoms with van der Waals surface area (Å²) in [6, 6.07) is 1.83. The molecule has 19 heavy (non-hydrogen) atoms. The fraction of sp³-hybridized carbons (Fsp3) is 0.429. The van der Waals surface area contributed by atoms with Crippen LogP contribution < -0.4 is 4.74 Å². The van der Waals surface area contributed by atoms with Gasteiger partial charge in [0, 0.05) is 19.7 Å². The van der Waals surface area contributed by atoms with E-state index in [0.29, 0.717) is 17.9 Å². The quantitative estimate of drug-likeness (QED) is 0.604. The molecule has 0 aromatic heterocycles. The number of ether oxygens (including phenoxy) is 3. The van der Waals surface area contributed by atoms with E-state index in [2.05, 4.69) is 4.99 Å². The second-order valence-corrected chi connectivity index (χ2v) is 4.17. The van der Waals surface area contributed by atoms with Gasteiger partial charge in [-0.05, 0) is 31.0 Å². The molecule has 0 aliphatic carbocycles. The van der Waals surface area contributed by atoms with Crippen molar-refractivity contribution in [3.63, 3.8) is 0 Å². The minimum atomic E-state index is -0.393. The van der Waals surface area contributed by atoms with Crippen LogP contribution in [-0.2, 0) is 15.9 Å². The number of carbonyl (C=O) groups is 1. The molecule has 1 aliphatic heterocycles. The van der Waals surface area contributed by atoms with Gasteiger partial charge in [0.1, 0.15) is 11.3 Å². The zero-order valence-electron chi connectivity index (χ0n) is 11.4. The van der Waals surface area contributed by atoms with Crippen molar-refractivity contribution in [2.45, 2.75) is 20.3 Å². The Morgan fingerprint density at radius 3 is 2.95 bits per heavy atom. The second kappa shape index (κ2) is 5.84. The van der Waals surface area contributed by atoms with Gasteiger partial charge in [-0.3, -0.25) is 4.99 Å². The lowest BCUT2D eigenvalue weighted by atomic mass is 10.0. The van der Waals surface area contributed by atoms with Crippen LogP contribution in [0.4, 0.5) is 5.69 Å². The van der Waals surface area contributed by atoms with E-state index < -0.39 is 5.97 Å². The normalized spacial score (nSPS) is 12.4. The summed E-state index contributed by atoms with van der Waals surface area (Å²) in [6.45, 7) is 4.04. The van der Waals surface area contributed by atoms with Gasteiger partial charge in [-0.15, -0.1) is 0 Å². The van der Waals surface area contributed by atoms with E-state index in [1.807, 2.05) is 19.2 Å². The number of esters is 1. The number of benzene rings is 1. The average Bonchev–Trinajstić information content (AvgIpc) is 2.85. The lowest BCUT2D eigenvalue weighted by molar-refractivity contribution is 0.0437. The number of nitrogens with zero attached hydrogens (tertiary/aromatic N) is 1. The first-order chi connectivity index (χ1) is 9.19. The second-order valence-electron chi connectivity index (χ2n) is 4.17. The molecular formula is C14H17NO4. The van der Waals surface area contributed by atoms with Crippen LogP contribution in [0.25, 0.3) is 0 Å². The Morgan fingerprint density at radius 2 is 2.26 bits per heavy atom. The van der Waals surface area contributed by atoms with Crippen LogP contribution in [0.3, 0.4) is 0 Å². The Hall–Kier alpha value is -1.88. The van der Waals surface area contributed by atoms with Crippen molar-refractivity contribution in [2.75, 3.05) is 20.5 Å². The molecule has 102 valence electrons. The number of aliphatic imine (C=N–C) groups is 1. The van der Waals surface area contributed by atoms with Crippen LogP contribution >= 0.6 is 0 Å². The van der Waals surface area contributed by atoms with Crippen molar-refractivity contribution in [1.29, 1.82) is 0 Å². The molecule has 0 unspecified atom stereocenters. The average molecular weight is 263 g/mol. The molecule has 0 radical (unpaired) electrons. The fourth-order valence-corrected chi connectivity index (χ4v) is 2.11. The maximum absolute atomic E-state index is 12.1. The molecule has 0 bridgehead atoms. The molecule has 0 atom stereocenters.